The highest BCUT2D eigenvalue weighted by Gasteiger charge is 2.42. The smallest absolute Gasteiger partial charge is 0.321 e. The van der Waals surface area contributed by atoms with E-state index in [2.05, 4.69) is 16.0 Å². The Hall–Kier alpha value is -6.07. The monoisotopic (exact) mass is 961 g/mol. The summed E-state index contributed by atoms with van der Waals surface area (Å²) in [5, 5.41) is 10.5. The summed E-state index contributed by atoms with van der Waals surface area (Å²) in [6.07, 6.45) is 9.33. The van der Waals surface area contributed by atoms with E-state index in [9.17, 15) is 23.2 Å². The fourth-order valence-corrected chi connectivity index (χ4v) is 9.42. The molecular formula is C49H55Cl2F2N7O7. The zero-order valence-corrected chi connectivity index (χ0v) is 39.2. The number of methoxy groups -OCH3 is 2. The number of ether oxygens (including phenoxy) is 4. The molecule has 0 saturated carbocycles. The SMILES string of the molecule is COc1cc(/C=C/C(=O)N2[C@@H]3COC[C@H]2CC(Nc2ccc(F)cc2)C3)c(N)cc1Cl.COc1cc(/C=C/C(=O)N2[C@@H]3COC[C@H]2CC(Nc2ccc(F)cc2)C3)c(NC(=O)N(C)C)cc1Cl. The van der Waals surface area contributed by atoms with Crippen LogP contribution in [0.5, 0.6) is 11.5 Å². The van der Waals surface area contributed by atoms with E-state index in [1.807, 2.05) is 9.80 Å². The van der Waals surface area contributed by atoms with Crippen molar-refractivity contribution in [3.63, 3.8) is 0 Å². The van der Waals surface area contributed by atoms with Gasteiger partial charge in [-0.1, -0.05) is 23.2 Å². The average Bonchev–Trinajstić information content (AvgIpc) is 3.29. The number of hydrogen-bond donors (Lipinski definition) is 4. The van der Waals surface area contributed by atoms with Crippen molar-refractivity contribution in [2.24, 2.45) is 0 Å². The predicted molar refractivity (Wildman–Crippen MR) is 258 cm³/mol. The second-order valence-corrected chi connectivity index (χ2v) is 17.8. The number of nitrogens with two attached hydrogens (primary N) is 1. The first-order chi connectivity index (χ1) is 32.2. The molecule has 4 aromatic rings. The van der Waals surface area contributed by atoms with Crippen LogP contribution in [0.25, 0.3) is 12.2 Å². The van der Waals surface area contributed by atoms with Gasteiger partial charge in [-0.2, -0.15) is 0 Å². The number of carbonyl (C=O) groups is 3. The minimum Gasteiger partial charge on any atom is -0.495 e. The van der Waals surface area contributed by atoms with Crippen LogP contribution in [0.2, 0.25) is 10.0 Å². The first-order valence-electron chi connectivity index (χ1n) is 21.9. The quantitative estimate of drug-likeness (QED) is 0.0850. The molecule has 4 saturated heterocycles. The lowest BCUT2D eigenvalue weighted by atomic mass is 9.89. The molecule has 5 N–H and O–H groups in total. The first kappa shape index (κ1) is 48.9. The van der Waals surface area contributed by atoms with Gasteiger partial charge in [-0.15, -0.1) is 0 Å². The molecule has 4 heterocycles. The van der Waals surface area contributed by atoms with Gasteiger partial charge in [0, 0.05) is 66.5 Å². The maximum atomic E-state index is 13.3. The van der Waals surface area contributed by atoms with Crippen molar-refractivity contribution in [1.82, 2.24) is 14.7 Å². The molecule has 4 aliphatic rings. The fraction of sp³-hybridized carbons (Fsp3) is 0.367. The molecule has 0 radical (unpaired) electrons. The van der Waals surface area contributed by atoms with E-state index >= 15 is 0 Å². The Morgan fingerprint density at radius 2 is 1.07 bits per heavy atom. The summed E-state index contributed by atoms with van der Waals surface area (Å²) in [7, 11) is 6.30. The third-order valence-electron chi connectivity index (χ3n) is 12.1. The highest BCUT2D eigenvalue weighted by Crippen LogP contribution is 2.35. The van der Waals surface area contributed by atoms with Gasteiger partial charge in [-0.3, -0.25) is 9.59 Å². The van der Waals surface area contributed by atoms with Crippen molar-refractivity contribution in [1.29, 1.82) is 0 Å². The lowest BCUT2D eigenvalue weighted by Gasteiger charge is -2.48. The van der Waals surface area contributed by atoms with E-state index in [0.717, 1.165) is 24.2 Å². The second-order valence-electron chi connectivity index (χ2n) is 17.0. The van der Waals surface area contributed by atoms with Crippen molar-refractivity contribution in [3.05, 3.63) is 118 Å². The van der Waals surface area contributed by atoms with Crippen LogP contribution in [-0.4, -0.2) is 124 Å². The van der Waals surface area contributed by atoms with Crippen molar-refractivity contribution in [2.75, 3.05) is 76.4 Å². The number of halogens is 4. The molecule has 0 aromatic heterocycles. The number of nitrogens with zero attached hydrogens (tertiary/aromatic N) is 3. The number of nitrogen functional groups attached to an aromatic ring is 1. The second kappa shape index (κ2) is 22.2. The van der Waals surface area contributed by atoms with Crippen molar-refractivity contribution < 1.29 is 42.1 Å². The summed E-state index contributed by atoms with van der Waals surface area (Å²) in [5.41, 5.74) is 9.96. The number of morpholine rings is 2. The normalized spacial score (nSPS) is 22.1. The van der Waals surface area contributed by atoms with Gasteiger partial charge >= 0.3 is 6.03 Å². The van der Waals surface area contributed by atoms with Gasteiger partial charge in [0.05, 0.1) is 80.5 Å². The highest BCUT2D eigenvalue weighted by molar-refractivity contribution is 6.32. The minimum absolute atomic E-state index is 0.0281. The Bertz CT molecular complexity index is 2430. The van der Waals surface area contributed by atoms with Crippen LogP contribution in [0, 0.1) is 11.6 Å². The van der Waals surface area contributed by atoms with Crippen LogP contribution >= 0.6 is 23.2 Å². The summed E-state index contributed by atoms with van der Waals surface area (Å²) >= 11 is 12.4. The number of urea groups is 1. The fourth-order valence-electron chi connectivity index (χ4n) is 8.93. The number of amides is 4. The molecule has 0 spiro atoms. The topological polar surface area (TPSA) is 160 Å². The molecule has 4 aliphatic heterocycles. The van der Waals surface area contributed by atoms with E-state index in [-0.39, 0.29) is 65.7 Å². The number of rotatable bonds is 11. The number of carbonyl (C=O) groups excluding carboxylic acids is 3. The molecule has 4 aromatic carbocycles. The minimum atomic E-state index is -0.320. The number of hydrogen-bond acceptors (Lipinski definition) is 10. The van der Waals surface area contributed by atoms with Crippen molar-refractivity contribution in [2.45, 2.75) is 61.9 Å². The van der Waals surface area contributed by atoms with Crippen LogP contribution in [-0.2, 0) is 19.1 Å². The summed E-state index contributed by atoms with van der Waals surface area (Å²) in [6.45, 7) is 1.90. The molecular weight excluding hydrogens is 907 g/mol. The summed E-state index contributed by atoms with van der Waals surface area (Å²) in [5.74, 6) is 0.187. The van der Waals surface area contributed by atoms with Crippen LogP contribution < -0.4 is 31.2 Å². The maximum Gasteiger partial charge on any atom is 0.321 e. The van der Waals surface area contributed by atoms with Gasteiger partial charge in [0.1, 0.15) is 23.1 Å². The predicted octanol–water partition coefficient (Wildman–Crippen LogP) is 8.42. The molecule has 2 unspecified atom stereocenters. The van der Waals surface area contributed by atoms with E-state index in [1.165, 1.54) is 55.5 Å². The number of fused-ring (bicyclic) bond motifs is 4. The van der Waals surface area contributed by atoms with Gasteiger partial charge in [-0.05, 0) is 111 Å². The van der Waals surface area contributed by atoms with E-state index in [0.29, 0.717) is 83.3 Å². The Balaban J connectivity index is 0.000000201. The van der Waals surface area contributed by atoms with Gasteiger partial charge in [-0.25, -0.2) is 13.6 Å². The van der Waals surface area contributed by atoms with E-state index in [4.69, 9.17) is 47.9 Å². The zero-order valence-electron chi connectivity index (χ0n) is 37.6. The van der Waals surface area contributed by atoms with Crippen LogP contribution in [0.15, 0.2) is 84.9 Å². The van der Waals surface area contributed by atoms with E-state index < -0.39 is 0 Å². The third kappa shape index (κ3) is 12.3. The number of piperidine rings is 2. The first-order valence-corrected chi connectivity index (χ1v) is 22.6. The lowest BCUT2D eigenvalue weighted by molar-refractivity contribution is -0.146. The molecule has 0 aliphatic carbocycles. The van der Waals surface area contributed by atoms with Crippen LogP contribution in [0.4, 0.5) is 36.3 Å². The number of nitrogens with one attached hydrogen (secondary N) is 3. The third-order valence-corrected chi connectivity index (χ3v) is 12.7. The Kier molecular flexibility index (Phi) is 16.2. The van der Waals surface area contributed by atoms with Crippen molar-refractivity contribution in [3.8, 4) is 11.5 Å². The van der Waals surface area contributed by atoms with Gasteiger partial charge in [0.15, 0.2) is 0 Å². The molecule has 4 fully saturated rings. The summed E-state index contributed by atoms with van der Waals surface area (Å²) < 4.78 is 48.4. The highest BCUT2D eigenvalue weighted by atomic mass is 35.5. The number of anilines is 4. The van der Waals surface area contributed by atoms with Gasteiger partial charge in [0.2, 0.25) is 11.8 Å². The molecule has 4 amide bonds. The lowest BCUT2D eigenvalue weighted by Crippen LogP contribution is -2.60. The average molecular weight is 963 g/mol. The Labute approximate surface area is 398 Å². The zero-order chi connectivity index (χ0) is 47.8. The van der Waals surface area contributed by atoms with Gasteiger partial charge < -0.3 is 55.3 Å². The summed E-state index contributed by atoms with van der Waals surface area (Å²) in [4.78, 5) is 43.8. The molecule has 356 valence electrons. The Morgan fingerprint density at radius 3 is 1.49 bits per heavy atom. The maximum absolute atomic E-state index is 13.3. The number of benzene rings is 4. The molecule has 67 heavy (non-hydrogen) atoms. The standard InChI is InChI=1S/C26H30ClFN4O4.C23H25ClFN3O3/c1-31(2)26(34)30-23-13-22(27)24(35-3)10-16(23)4-9-25(33)32-20-11-19(12-21(32)15-36-14-20)29-18-7-5-17(28)6-8-18;1-30-22-8-14(21(26)11-20(22)24)2-7-23(29)28-18-9-17(10-19(28)13-31-12-18)27-16-5-3-15(25)4-6-16/h4-10,13,19-21,29H,11-12,14-15H2,1-3H3,(H,30,34);2-8,11,17-19,27H,9-10,12-13,26H2,1H3/b9-4+;7-2+/t19?,20-,21+;17?,18-,19+. The van der Waals surface area contributed by atoms with E-state index in [1.54, 1.807) is 74.8 Å². The summed E-state index contributed by atoms with van der Waals surface area (Å²) in [6, 6.07) is 19.0. The van der Waals surface area contributed by atoms with Crippen LogP contribution in [0.1, 0.15) is 36.8 Å². The molecule has 18 heteroatoms. The van der Waals surface area contributed by atoms with Crippen LogP contribution in [0.3, 0.4) is 0 Å². The largest absolute Gasteiger partial charge is 0.495 e. The molecule has 14 nitrogen and oxygen atoms in total. The molecule has 6 atom stereocenters. The Morgan fingerprint density at radius 1 is 0.672 bits per heavy atom. The molecule has 8 rings (SSSR count). The van der Waals surface area contributed by atoms with Gasteiger partial charge in [0.25, 0.3) is 0 Å². The van der Waals surface area contributed by atoms with Crippen molar-refractivity contribution >= 4 is 75.9 Å². The molecule has 4 bridgehead atoms.